The maximum absolute atomic E-state index is 13.0. The number of benzene rings is 2. The van der Waals surface area contributed by atoms with Crippen LogP contribution in [0.15, 0.2) is 59.7 Å². The first-order valence-corrected chi connectivity index (χ1v) is 12.9. The molecule has 9 nitrogen and oxygen atoms in total. The predicted molar refractivity (Wildman–Crippen MR) is 143 cm³/mol. The largest absolute Gasteiger partial charge is 0.341 e. The Morgan fingerprint density at radius 1 is 0.703 bits per heavy atom. The summed E-state index contributed by atoms with van der Waals surface area (Å²) in [5.74, 6) is 1.93. The summed E-state index contributed by atoms with van der Waals surface area (Å²) in [6.45, 7) is 2.06. The molecule has 37 heavy (non-hydrogen) atoms. The van der Waals surface area contributed by atoms with Gasteiger partial charge in [-0.15, -0.1) is 0 Å². The minimum Gasteiger partial charge on any atom is -0.341 e. The number of nitrogens with zero attached hydrogens (tertiary/aromatic N) is 3. The second-order valence-electron chi connectivity index (χ2n) is 9.89. The molecule has 2 aliphatic rings. The van der Waals surface area contributed by atoms with E-state index in [0.717, 1.165) is 77.6 Å². The van der Waals surface area contributed by atoms with Crippen LogP contribution < -0.4 is 16.2 Å². The molecule has 0 bridgehead atoms. The molecule has 186 valence electrons. The van der Waals surface area contributed by atoms with E-state index in [1.54, 1.807) is 0 Å². The summed E-state index contributed by atoms with van der Waals surface area (Å²) >= 11 is 0. The monoisotopic (exact) mass is 492 g/mol. The van der Waals surface area contributed by atoms with Crippen molar-refractivity contribution in [1.29, 1.82) is 0 Å². The van der Waals surface area contributed by atoms with E-state index in [-0.39, 0.29) is 11.6 Å². The van der Waals surface area contributed by atoms with Crippen LogP contribution in [0, 0.1) is 0 Å². The van der Waals surface area contributed by atoms with Crippen molar-refractivity contribution in [2.45, 2.75) is 37.8 Å². The number of H-pyrrole nitrogens is 3. The second-order valence-corrected chi connectivity index (χ2v) is 9.89. The molecule has 0 amide bonds. The number of hydrogen-bond donors (Lipinski definition) is 5. The highest BCUT2D eigenvalue weighted by Gasteiger charge is 2.20. The number of hydrogen-bond acceptors (Lipinski definition) is 6. The smallest absolute Gasteiger partial charge is 0.274 e. The number of aromatic nitrogens is 6. The van der Waals surface area contributed by atoms with Crippen LogP contribution in [-0.4, -0.2) is 43.0 Å². The van der Waals surface area contributed by atoms with Crippen LogP contribution in [0.3, 0.4) is 0 Å². The van der Waals surface area contributed by atoms with Crippen molar-refractivity contribution in [3.8, 4) is 33.8 Å². The Morgan fingerprint density at radius 3 is 1.92 bits per heavy atom. The first-order valence-electron chi connectivity index (χ1n) is 12.9. The Bertz CT molecular complexity index is 1620. The molecule has 7 rings (SSSR count). The molecule has 2 fully saturated rings. The van der Waals surface area contributed by atoms with E-state index in [1.807, 2.05) is 54.9 Å². The topological polar surface area (TPSA) is 127 Å². The van der Waals surface area contributed by atoms with Gasteiger partial charge in [-0.05, 0) is 56.5 Å². The average molecular weight is 493 g/mol. The third kappa shape index (κ3) is 4.16. The van der Waals surface area contributed by atoms with Crippen LogP contribution in [0.4, 0.5) is 0 Å². The van der Waals surface area contributed by atoms with Gasteiger partial charge in [0.05, 0.1) is 46.9 Å². The predicted octanol–water partition coefficient (Wildman–Crippen LogP) is 4.22. The second kappa shape index (κ2) is 9.10. The summed E-state index contributed by atoms with van der Waals surface area (Å²) in [6, 6.07) is 14.3. The zero-order chi connectivity index (χ0) is 24.8. The molecule has 2 saturated heterocycles. The molecule has 0 radical (unpaired) electrons. The van der Waals surface area contributed by atoms with E-state index >= 15 is 0 Å². The highest BCUT2D eigenvalue weighted by Crippen LogP contribution is 2.28. The first kappa shape index (κ1) is 22.1. The van der Waals surface area contributed by atoms with E-state index in [9.17, 15) is 4.79 Å². The highest BCUT2D eigenvalue weighted by atomic mass is 16.1. The molecule has 0 aliphatic carbocycles. The molecule has 0 saturated carbocycles. The fourth-order valence-electron chi connectivity index (χ4n) is 5.41. The Hall–Kier alpha value is -4.08. The summed E-state index contributed by atoms with van der Waals surface area (Å²) in [5, 5.41) is 6.93. The number of rotatable bonds is 5. The number of fused-ring (bicyclic) bond motifs is 1. The summed E-state index contributed by atoms with van der Waals surface area (Å²) in [4.78, 5) is 36.7. The lowest BCUT2D eigenvalue weighted by molar-refractivity contribution is 0.613. The zero-order valence-corrected chi connectivity index (χ0v) is 20.3. The molecule has 2 unspecified atom stereocenters. The van der Waals surface area contributed by atoms with Crippen molar-refractivity contribution < 1.29 is 0 Å². The Morgan fingerprint density at radius 2 is 1.30 bits per heavy atom. The maximum Gasteiger partial charge on any atom is 0.274 e. The molecule has 5 heterocycles. The van der Waals surface area contributed by atoms with E-state index in [1.165, 1.54) is 6.42 Å². The van der Waals surface area contributed by atoms with Gasteiger partial charge in [-0.25, -0.2) is 15.0 Å². The lowest BCUT2D eigenvalue weighted by Gasteiger charge is -2.07. The molecule has 0 spiro atoms. The summed E-state index contributed by atoms with van der Waals surface area (Å²) in [5.41, 5.74) is 6.28. The molecule has 2 aliphatic heterocycles. The molecule has 2 atom stereocenters. The molecular weight excluding hydrogens is 464 g/mol. The quantitative estimate of drug-likeness (QED) is 0.250. The van der Waals surface area contributed by atoms with Crippen molar-refractivity contribution in [2.75, 3.05) is 13.1 Å². The fourth-order valence-corrected chi connectivity index (χ4v) is 5.41. The van der Waals surface area contributed by atoms with Crippen LogP contribution >= 0.6 is 0 Å². The van der Waals surface area contributed by atoms with Gasteiger partial charge in [0.1, 0.15) is 17.3 Å². The van der Waals surface area contributed by atoms with Crippen LogP contribution in [0.2, 0.25) is 0 Å². The van der Waals surface area contributed by atoms with Gasteiger partial charge in [-0.2, -0.15) is 0 Å². The number of nitrogens with one attached hydrogen (secondary N) is 5. The van der Waals surface area contributed by atoms with Crippen molar-refractivity contribution >= 4 is 11.0 Å². The van der Waals surface area contributed by atoms with Crippen molar-refractivity contribution in [1.82, 2.24) is 40.5 Å². The Balaban J connectivity index is 1.15. The lowest BCUT2D eigenvalue weighted by atomic mass is 10.1. The Labute approximate surface area is 213 Å². The van der Waals surface area contributed by atoms with Gasteiger partial charge in [0.15, 0.2) is 0 Å². The standard InChI is InChI=1S/C28H28N8O/c37-28-25(17-7-5-16(6-8-17)23-14-31-26(34-23)20-3-1-11-29-20)33-19-10-9-18(13-22(19)36-28)24-15-32-27(35-24)21-4-2-12-30-21/h5-10,13-15,20-21,29-30H,1-4,11-12H2,(H,31,34)(H,32,35)(H,36,37). The van der Waals surface area contributed by atoms with E-state index in [2.05, 4.69) is 35.6 Å². The zero-order valence-electron chi connectivity index (χ0n) is 20.3. The van der Waals surface area contributed by atoms with E-state index in [0.29, 0.717) is 17.3 Å². The fraction of sp³-hybridized carbons (Fsp3) is 0.286. The van der Waals surface area contributed by atoms with Crippen molar-refractivity contribution in [3.05, 3.63) is 76.9 Å². The van der Waals surface area contributed by atoms with E-state index in [4.69, 9.17) is 4.98 Å². The van der Waals surface area contributed by atoms with Gasteiger partial charge in [0.25, 0.3) is 5.56 Å². The van der Waals surface area contributed by atoms with Crippen LogP contribution in [-0.2, 0) is 0 Å². The third-order valence-electron chi connectivity index (χ3n) is 7.44. The van der Waals surface area contributed by atoms with Crippen LogP contribution in [0.1, 0.15) is 49.4 Å². The van der Waals surface area contributed by atoms with E-state index < -0.39 is 0 Å². The first-order chi connectivity index (χ1) is 18.2. The van der Waals surface area contributed by atoms with Crippen LogP contribution in [0.25, 0.3) is 44.8 Å². The maximum atomic E-state index is 13.0. The molecular formula is C28H28N8O. The van der Waals surface area contributed by atoms with Gasteiger partial charge < -0.3 is 25.6 Å². The summed E-state index contributed by atoms with van der Waals surface area (Å²) < 4.78 is 0. The highest BCUT2D eigenvalue weighted by molar-refractivity contribution is 5.82. The summed E-state index contributed by atoms with van der Waals surface area (Å²) in [7, 11) is 0. The number of aromatic amines is 3. The van der Waals surface area contributed by atoms with Crippen molar-refractivity contribution in [2.24, 2.45) is 0 Å². The molecule has 3 aromatic heterocycles. The minimum absolute atomic E-state index is 0.214. The third-order valence-corrected chi connectivity index (χ3v) is 7.44. The molecule has 9 heteroatoms. The van der Waals surface area contributed by atoms with Gasteiger partial charge in [-0.1, -0.05) is 30.3 Å². The van der Waals surface area contributed by atoms with Gasteiger partial charge in [-0.3, -0.25) is 4.79 Å². The Kier molecular flexibility index (Phi) is 5.44. The van der Waals surface area contributed by atoms with Gasteiger partial charge >= 0.3 is 0 Å². The summed E-state index contributed by atoms with van der Waals surface area (Å²) in [6.07, 6.45) is 8.25. The molecule has 2 aromatic carbocycles. The average Bonchev–Trinajstić information content (AvgIpc) is 3.75. The lowest BCUT2D eigenvalue weighted by Crippen LogP contribution is -2.14. The molecule has 5 N–H and O–H groups in total. The van der Waals surface area contributed by atoms with Gasteiger partial charge in [0.2, 0.25) is 0 Å². The normalized spacial score (nSPS) is 19.7. The van der Waals surface area contributed by atoms with Gasteiger partial charge in [0, 0.05) is 11.1 Å². The van der Waals surface area contributed by atoms with Crippen molar-refractivity contribution in [3.63, 3.8) is 0 Å². The number of imidazole rings is 2. The van der Waals surface area contributed by atoms with Crippen LogP contribution in [0.5, 0.6) is 0 Å². The minimum atomic E-state index is -0.214. The molecule has 5 aromatic rings. The SMILES string of the molecule is O=c1[nH]c2cc(-c3cnc(C4CCCN4)[nH]3)ccc2nc1-c1ccc(-c2cnc(C3CCCN3)[nH]2)cc1.